The molecule has 1 atom stereocenters. The van der Waals surface area contributed by atoms with Gasteiger partial charge in [-0.05, 0) is 49.3 Å². The number of guanidine groups is 1. The Balaban J connectivity index is 0.00000676. The van der Waals surface area contributed by atoms with Gasteiger partial charge in [-0.2, -0.15) is 0 Å². The fraction of sp³-hybridized carbons (Fsp3) is 0.667. The highest BCUT2D eigenvalue weighted by atomic mass is 127. The minimum atomic E-state index is 0. The highest BCUT2D eigenvalue weighted by Gasteiger charge is 2.08. The van der Waals surface area contributed by atoms with E-state index in [0.717, 1.165) is 56.2 Å². The standard InChI is InChI=1S/C21H37N3O2.HI/c1-5-8-18(11-12-25)14-23-21(22-6-2)24-15-19-9-7-10-20(13-19)26-16-17(3)4;/h7,9-10,13,17-18,25H,5-6,8,11-12,14-16H2,1-4H3,(H2,22,23,24);1H. The van der Waals surface area contributed by atoms with Crippen molar-refractivity contribution in [2.75, 3.05) is 26.3 Å². The van der Waals surface area contributed by atoms with Gasteiger partial charge in [-0.3, -0.25) is 0 Å². The van der Waals surface area contributed by atoms with Gasteiger partial charge in [0, 0.05) is 19.7 Å². The first kappa shape index (κ1) is 26.0. The fourth-order valence-corrected chi connectivity index (χ4v) is 2.69. The normalized spacial score (nSPS) is 12.4. The molecule has 0 radical (unpaired) electrons. The van der Waals surface area contributed by atoms with Crippen molar-refractivity contribution in [2.24, 2.45) is 16.8 Å². The number of hydrogen-bond acceptors (Lipinski definition) is 3. The molecule has 0 aliphatic carbocycles. The maximum absolute atomic E-state index is 9.20. The van der Waals surface area contributed by atoms with Gasteiger partial charge in [-0.25, -0.2) is 4.99 Å². The van der Waals surface area contributed by atoms with Gasteiger partial charge < -0.3 is 20.5 Å². The molecular weight excluding hydrogens is 453 g/mol. The number of aliphatic imine (C=N–C) groups is 1. The van der Waals surface area contributed by atoms with Gasteiger partial charge in [0.15, 0.2) is 5.96 Å². The SMILES string of the molecule is CCCC(CCO)CNC(=NCc1cccc(OCC(C)C)c1)NCC.I. The van der Waals surface area contributed by atoms with Crippen LogP contribution in [0.4, 0.5) is 0 Å². The summed E-state index contributed by atoms with van der Waals surface area (Å²) in [5, 5.41) is 15.9. The van der Waals surface area contributed by atoms with Crippen molar-refractivity contribution in [1.82, 2.24) is 10.6 Å². The molecule has 0 aliphatic rings. The Kier molecular flexibility index (Phi) is 15.4. The molecule has 156 valence electrons. The zero-order valence-electron chi connectivity index (χ0n) is 17.3. The van der Waals surface area contributed by atoms with Crippen LogP contribution in [0.25, 0.3) is 0 Å². The molecule has 0 heterocycles. The highest BCUT2D eigenvalue weighted by molar-refractivity contribution is 14.0. The van der Waals surface area contributed by atoms with Crippen molar-refractivity contribution in [1.29, 1.82) is 0 Å². The van der Waals surface area contributed by atoms with E-state index in [2.05, 4.69) is 55.5 Å². The molecule has 27 heavy (non-hydrogen) atoms. The molecule has 1 unspecified atom stereocenters. The Morgan fingerprint density at radius 1 is 1.19 bits per heavy atom. The summed E-state index contributed by atoms with van der Waals surface area (Å²) < 4.78 is 5.79. The number of halogens is 1. The Morgan fingerprint density at radius 3 is 2.59 bits per heavy atom. The van der Waals surface area contributed by atoms with Gasteiger partial charge in [0.05, 0.1) is 13.2 Å². The van der Waals surface area contributed by atoms with Crippen LogP contribution < -0.4 is 15.4 Å². The molecule has 1 rings (SSSR count). The second-order valence-corrected chi connectivity index (χ2v) is 7.10. The topological polar surface area (TPSA) is 65.9 Å². The molecule has 0 aliphatic heterocycles. The monoisotopic (exact) mass is 491 g/mol. The third-order valence-electron chi connectivity index (χ3n) is 4.04. The predicted molar refractivity (Wildman–Crippen MR) is 125 cm³/mol. The number of aliphatic hydroxyl groups excluding tert-OH is 1. The molecular formula is C21H38IN3O2. The number of aliphatic hydroxyl groups is 1. The number of hydrogen-bond donors (Lipinski definition) is 3. The van der Waals surface area contributed by atoms with Gasteiger partial charge in [0.1, 0.15) is 5.75 Å². The van der Waals surface area contributed by atoms with E-state index in [4.69, 9.17) is 4.74 Å². The summed E-state index contributed by atoms with van der Waals surface area (Å²) in [6, 6.07) is 8.13. The lowest BCUT2D eigenvalue weighted by Crippen LogP contribution is -2.40. The fourth-order valence-electron chi connectivity index (χ4n) is 2.69. The Bertz CT molecular complexity index is 518. The first-order valence-corrected chi connectivity index (χ1v) is 9.93. The van der Waals surface area contributed by atoms with E-state index in [1.54, 1.807) is 0 Å². The van der Waals surface area contributed by atoms with Crippen molar-refractivity contribution in [2.45, 2.75) is 53.5 Å². The van der Waals surface area contributed by atoms with Crippen molar-refractivity contribution < 1.29 is 9.84 Å². The quantitative estimate of drug-likeness (QED) is 0.233. The van der Waals surface area contributed by atoms with Crippen LogP contribution in [-0.4, -0.2) is 37.4 Å². The Hall–Kier alpha value is -1.02. The number of rotatable bonds is 12. The average Bonchev–Trinajstić information content (AvgIpc) is 2.63. The molecule has 0 spiro atoms. The van der Waals surface area contributed by atoms with Crippen LogP contribution in [0.5, 0.6) is 5.75 Å². The maximum Gasteiger partial charge on any atom is 0.191 e. The average molecular weight is 491 g/mol. The number of nitrogens with one attached hydrogen (secondary N) is 2. The van der Waals surface area contributed by atoms with E-state index in [1.807, 2.05) is 12.1 Å². The van der Waals surface area contributed by atoms with E-state index in [0.29, 0.717) is 18.4 Å². The third kappa shape index (κ3) is 12.1. The third-order valence-corrected chi connectivity index (χ3v) is 4.04. The van der Waals surface area contributed by atoms with Crippen LogP contribution in [-0.2, 0) is 6.54 Å². The van der Waals surface area contributed by atoms with Gasteiger partial charge in [-0.1, -0.05) is 39.3 Å². The summed E-state index contributed by atoms with van der Waals surface area (Å²) in [6.07, 6.45) is 3.07. The Morgan fingerprint density at radius 2 is 1.96 bits per heavy atom. The molecule has 0 amide bonds. The second-order valence-electron chi connectivity index (χ2n) is 7.10. The highest BCUT2D eigenvalue weighted by Crippen LogP contribution is 2.15. The van der Waals surface area contributed by atoms with E-state index >= 15 is 0 Å². The van der Waals surface area contributed by atoms with Crippen LogP contribution in [0.3, 0.4) is 0 Å². The van der Waals surface area contributed by atoms with Crippen LogP contribution in [0.1, 0.15) is 52.5 Å². The summed E-state index contributed by atoms with van der Waals surface area (Å²) in [4.78, 5) is 4.69. The van der Waals surface area contributed by atoms with E-state index in [-0.39, 0.29) is 30.6 Å². The Labute approximate surface area is 182 Å². The van der Waals surface area contributed by atoms with Gasteiger partial charge in [-0.15, -0.1) is 24.0 Å². The zero-order chi connectivity index (χ0) is 19.2. The molecule has 0 aromatic heterocycles. The molecule has 5 nitrogen and oxygen atoms in total. The van der Waals surface area contributed by atoms with Crippen molar-refractivity contribution >= 4 is 29.9 Å². The predicted octanol–water partition coefficient (Wildman–Crippen LogP) is 4.19. The molecule has 1 aromatic carbocycles. The number of nitrogens with zero attached hydrogens (tertiary/aromatic N) is 1. The first-order valence-electron chi connectivity index (χ1n) is 9.93. The summed E-state index contributed by atoms with van der Waals surface area (Å²) in [6.45, 7) is 11.7. The molecule has 3 N–H and O–H groups in total. The summed E-state index contributed by atoms with van der Waals surface area (Å²) in [5.41, 5.74) is 1.13. The summed E-state index contributed by atoms with van der Waals surface area (Å²) in [5.74, 6) is 2.70. The minimum Gasteiger partial charge on any atom is -0.493 e. The zero-order valence-corrected chi connectivity index (χ0v) is 19.7. The summed E-state index contributed by atoms with van der Waals surface area (Å²) >= 11 is 0. The molecule has 0 fully saturated rings. The van der Waals surface area contributed by atoms with Crippen LogP contribution >= 0.6 is 24.0 Å². The van der Waals surface area contributed by atoms with E-state index < -0.39 is 0 Å². The summed E-state index contributed by atoms with van der Waals surface area (Å²) in [7, 11) is 0. The maximum atomic E-state index is 9.20. The van der Waals surface area contributed by atoms with Crippen molar-refractivity contribution in [3.05, 3.63) is 29.8 Å². The number of benzene rings is 1. The van der Waals surface area contributed by atoms with Crippen molar-refractivity contribution in [3.8, 4) is 5.75 Å². The lowest BCUT2D eigenvalue weighted by molar-refractivity contribution is 0.251. The van der Waals surface area contributed by atoms with Gasteiger partial charge in [0.2, 0.25) is 0 Å². The molecule has 1 aromatic rings. The molecule has 0 saturated carbocycles. The molecule has 6 heteroatoms. The smallest absolute Gasteiger partial charge is 0.191 e. The van der Waals surface area contributed by atoms with Gasteiger partial charge >= 0.3 is 0 Å². The second kappa shape index (κ2) is 16.0. The lowest BCUT2D eigenvalue weighted by atomic mass is 10.0. The first-order chi connectivity index (χ1) is 12.6. The largest absolute Gasteiger partial charge is 0.493 e. The van der Waals surface area contributed by atoms with Crippen LogP contribution in [0.15, 0.2) is 29.3 Å². The molecule has 0 saturated heterocycles. The van der Waals surface area contributed by atoms with Crippen molar-refractivity contribution in [3.63, 3.8) is 0 Å². The van der Waals surface area contributed by atoms with Crippen LogP contribution in [0.2, 0.25) is 0 Å². The van der Waals surface area contributed by atoms with Crippen LogP contribution in [0, 0.1) is 11.8 Å². The molecule has 0 bridgehead atoms. The minimum absolute atomic E-state index is 0. The van der Waals surface area contributed by atoms with E-state index in [1.165, 1.54) is 0 Å². The van der Waals surface area contributed by atoms with Gasteiger partial charge in [0.25, 0.3) is 0 Å². The number of ether oxygens (including phenoxy) is 1. The lowest BCUT2D eigenvalue weighted by Gasteiger charge is -2.18. The van der Waals surface area contributed by atoms with E-state index in [9.17, 15) is 5.11 Å².